The molecule has 2 fully saturated rings. The summed E-state index contributed by atoms with van der Waals surface area (Å²) >= 11 is 0. The molecular formula is C16H24BNO4. The third-order valence-electron chi connectivity index (χ3n) is 5.15. The second-order valence-electron chi connectivity index (χ2n) is 7.06. The molecular weight excluding hydrogens is 281 g/mol. The third-order valence-corrected chi connectivity index (χ3v) is 5.15. The van der Waals surface area contributed by atoms with Crippen LogP contribution in [0.1, 0.15) is 39.8 Å². The molecule has 0 spiro atoms. The highest BCUT2D eigenvalue weighted by atomic mass is 16.7. The zero-order valence-corrected chi connectivity index (χ0v) is 14.0. The van der Waals surface area contributed by atoms with Crippen LogP contribution < -0.4 is 5.46 Å². The summed E-state index contributed by atoms with van der Waals surface area (Å²) in [6.45, 7) is 9.43. The lowest BCUT2D eigenvalue weighted by atomic mass is 9.78. The predicted molar refractivity (Wildman–Crippen MR) is 84.1 cm³/mol. The van der Waals surface area contributed by atoms with Gasteiger partial charge in [-0.2, -0.15) is 0 Å². The fourth-order valence-corrected chi connectivity index (χ4v) is 2.84. The summed E-state index contributed by atoms with van der Waals surface area (Å²) < 4.78 is 23.4. The highest BCUT2D eigenvalue weighted by Gasteiger charge is 2.52. The topological polar surface area (TPSA) is 49.8 Å². The molecule has 120 valence electrons. The molecule has 0 bridgehead atoms. The van der Waals surface area contributed by atoms with Crippen molar-refractivity contribution in [2.75, 3.05) is 20.3 Å². The lowest BCUT2D eigenvalue weighted by molar-refractivity contribution is -0.0245. The number of hydrogen-bond donors (Lipinski definition) is 0. The van der Waals surface area contributed by atoms with Crippen LogP contribution in [-0.2, 0) is 24.4 Å². The Labute approximate surface area is 132 Å². The summed E-state index contributed by atoms with van der Waals surface area (Å²) in [6, 6.07) is 3.95. The molecule has 0 amide bonds. The quantitative estimate of drug-likeness (QED) is 0.795. The third kappa shape index (κ3) is 2.48. The lowest BCUT2D eigenvalue weighted by Gasteiger charge is -2.32. The van der Waals surface area contributed by atoms with E-state index in [1.54, 1.807) is 13.3 Å². The van der Waals surface area contributed by atoms with E-state index in [2.05, 4.69) is 32.7 Å². The van der Waals surface area contributed by atoms with Crippen molar-refractivity contribution in [2.24, 2.45) is 0 Å². The maximum Gasteiger partial charge on any atom is 0.494 e. The molecule has 3 rings (SSSR count). The molecule has 2 aliphatic heterocycles. The van der Waals surface area contributed by atoms with Crippen LogP contribution in [0.4, 0.5) is 0 Å². The van der Waals surface area contributed by atoms with Crippen LogP contribution in [0.2, 0.25) is 0 Å². The van der Waals surface area contributed by atoms with Crippen molar-refractivity contribution in [3.63, 3.8) is 0 Å². The molecule has 0 saturated carbocycles. The molecule has 2 saturated heterocycles. The Morgan fingerprint density at radius 1 is 1.18 bits per heavy atom. The molecule has 0 N–H and O–H groups in total. The summed E-state index contributed by atoms with van der Waals surface area (Å²) in [5.74, 6) is 0. The van der Waals surface area contributed by atoms with Crippen molar-refractivity contribution < 1.29 is 18.8 Å². The number of ether oxygens (including phenoxy) is 2. The Hall–Kier alpha value is -0.945. The van der Waals surface area contributed by atoms with E-state index in [0.717, 1.165) is 17.6 Å². The zero-order chi connectivity index (χ0) is 16.0. The van der Waals surface area contributed by atoms with Gasteiger partial charge in [0.25, 0.3) is 0 Å². The van der Waals surface area contributed by atoms with E-state index in [9.17, 15) is 0 Å². The minimum absolute atomic E-state index is 0.351. The van der Waals surface area contributed by atoms with Gasteiger partial charge in [-0.05, 0) is 45.3 Å². The van der Waals surface area contributed by atoms with Gasteiger partial charge in [-0.1, -0.05) is 0 Å². The second-order valence-corrected chi connectivity index (χ2v) is 7.06. The van der Waals surface area contributed by atoms with Crippen molar-refractivity contribution in [3.05, 3.63) is 24.0 Å². The number of nitrogens with zero attached hydrogens (tertiary/aromatic N) is 1. The number of hydrogen-bond acceptors (Lipinski definition) is 5. The number of rotatable bonds is 3. The Bertz CT molecular complexity index is 539. The molecule has 3 heterocycles. The summed E-state index contributed by atoms with van der Waals surface area (Å²) in [6.07, 6.45) is 2.60. The average Bonchev–Trinajstić information content (AvgIpc) is 3.03. The van der Waals surface area contributed by atoms with Crippen LogP contribution >= 0.6 is 0 Å². The molecule has 6 heteroatoms. The molecule has 22 heavy (non-hydrogen) atoms. The van der Waals surface area contributed by atoms with E-state index in [4.69, 9.17) is 18.8 Å². The minimum Gasteiger partial charge on any atom is -0.399 e. The SMILES string of the molecule is COC1(c2cc(B3OC(C)(C)C(C)(C)O3)ccn2)CCOC1. The first-order chi connectivity index (χ1) is 10.3. The van der Waals surface area contributed by atoms with Gasteiger partial charge in [-0.3, -0.25) is 4.98 Å². The summed E-state index contributed by atoms with van der Waals surface area (Å²) in [5.41, 5.74) is 0.679. The van der Waals surface area contributed by atoms with Gasteiger partial charge in [-0.15, -0.1) is 0 Å². The van der Waals surface area contributed by atoms with Crippen LogP contribution in [-0.4, -0.2) is 43.6 Å². The fraction of sp³-hybridized carbons (Fsp3) is 0.688. The van der Waals surface area contributed by atoms with Gasteiger partial charge < -0.3 is 18.8 Å². The molecule has 1 atom stereocenters. The van der Waals surface area contributed by atoms with E-state index in [-0.39, 0.29) is 18.3 Å². The number of aromatic nitrogens is 1. The number of pyridine rings is 1. The van der Waals surface area contributed by atoms with Crippen LogP contribution in [0, 0.1) is 0 Å². The molecule has 0 aromatic carbocycles. The first-order valence-corrected chi connectivity index (χ1v) is 7.75. The summed E-state index contributed by atoms with van der Waals surface area (Å²) in [4.78, 5) is 4.49. The molecule has 2 aliphatic rings. The maximum absolute atomic E-state index is 6.11. The van der Waals surface area contributed by atoms with Gasteiger partial charge in [0.2, 0.25) is 0 Å². The van der Waals surface area contributed by atoms with Gasteiger partial charge in [0, 0.05) is 26.3 Å². The van der Waals surface area contributed by atoms with Crippen LogP contribution in [0.15, 0.2) is 18.3 Å². The molecule has 0 radical (unpaired) electrons. The fourth-order valence-electron chi connectivity index (χ4n) is 2.84. The van der Waals surface area contributed by atoms with E-state index >= 15 is 0 Å². The van der Waals surface area contributed by atoms with E-state index in [1.165, 1.54) is 0 Å². The van der Waals surface area contributed by atoms with E-state index in [0.29, 0.717) is 13.2 Å². The zero-order valence-electron chi connectivity index (χ0n) is 14.0. The smallest absolute Gasteiger partial charge is 0.399 e. The average molecular weight is 305 g/mol. The van der Waals surface area contributed by atoms with Crippen LogP contribution in [0.3, 0.4) is 0 Å². The molecule has 5 nitrogen and oxygen atoms in total. The Kier molecular flexibility index (Phi) is 3.84. The summed E-state index contributed by atoms with van der Waals surface area (Å²) in [7, 11) is 1.32. The largest absolute Gasteiger partial charge is 0.494 e. The number of methoxy groups -OCH3 is 1. The van der Waals surface area contributed by atoms with E-state index < -0.39 is 5.60 Å². The van der Waals surface area contributed by atoms with Crippen molar-refractivity contribution in [2.45, 2.75) is 50.9 Å². The summed E-state index contributed by atoms with van der Waals surface area (Å²) in [5, 5.41) is 0. The van der Waals surface area contributed by atoms with Crippen molar-refractivity contribution in [1.29, 1.82) is 0 Å². The second kappa shape index (κ2) is 5.30. The predicted octanol–water partition coefficient (Wildman–Crippen LogP) is 1.64. The highest BCUT2D eigenvalue weighted by Crippen LogP contribution is 2.37. The van der Waals surface area contributed by atoms with Crippen LogP contribution in [0.5, 0.6) is 0 Å². The first-order valence-electron chi connectivity index (χ1n) is 7.75. The first kappa shape index (κ1) is 15.9. The molecule has 1 aromatic heterocycles. The van der Waals surface area contributed by atoms with Gasteiger partial charge in [-0.25, -0.2) is 0 Å². The van der Waals surface area contributed by atoms with Crippen molar-refractivity contribution in [1.82, 2.24) is 4.98 Å². The Morgan fingerprint density at radius 3 is 2.41 bits per heavy atom. The molecule has 0 aliphatic carbocycles. The minimum atomic E-state index is -0.459. The monoisotopic (exact) mass is 305 g/mol. The Morgan fingerprint density at radius 2 is 1.86 bits per heavy atom. The van der Waals surface area contributed by atoms with Crippen molar-refractivity contribution in [3.8, 4) is 0 Å². The normalized spacial score (nSPS) is 30.0. The lowest BCUT2D eigenvalue weighted by Crippen LogP contribution is -2.41. The van der Waals surface area contributed by atoms with E-state index in [1.807, 2.05) is 12.1 Å². The highest BCUT2D eigenvalue weighted by molar-refractivity contribution is 6.62. The van der Waals surface area contributed by atoms with Crippen LogP contribution in [0.25, 0.3) is 0 Å². The molecule has 1 aromatic rings. The van der Waals surface area contributed by atoms with Gasteiger partial charge in [0.1, 0.15) is 5.60 Å². The maximum atomic E-state index is 6.11. The van der Waals surface area contributed by atoms with Gasteiger partial charge in [0.05, 0.1) is 23.5 Å². The van der Waals surface area contributed by atoms with Gasteiger partial charge in [0.15, 0.2) is 0 Å². The van der Waals surface area contributed by atoms with Crippen molar-refractivity contribution >= 4 is 12.6 Å². The Balaban J connectivity index is 1.90. The molecule has 1 unspecified atom stereocenters. The standard InChI is InChI=1S/C16H24BNO4/c1-14(2)15(3,4)22-17(21-14)12-6-8-18-13(10-12)16(19-5)7-9-20-11-16/h6,8,10H,7,9,11H2,1-5H3. The van der Waals surface area contributed by atoms with Gasteiger partial charge >= 0.3 is 7.12 Å².